The van der Waals surface area contributed by atoms with Gasteiger partial charge in [-0.25, -0.2) is 4.79 Å². The molecule has 0 spiro atoms. The van der Waals surface area contributed by atoms with Crippen LogP contribution in [-0.4, -0.2) is 24.3 Å². The van der Waals surface area contributed by atoms with Gasteiger partial charge in [0.2, 0.25) is 0 Å². The van der Waals surface area contributed by atoms with Gasteiger partial charge in [0.1, 0.15) is 12.4 Å². The Morgan fingerprint density at radius 1 is 1.22 bits per heavy atom. The number of fused-ring (bicyclic) bond motifs is 1. The van der Waals surface area contributed by atoms with Crippen LogP contribution >= 0.6 is 0 Å². The molecule has 0 heterocycles. The lowest BCUT2D eigenvalue weighted by Crippen LogP contribution is -2.51. The van der Waals surface area contributed by atoms with Crippen LogP contribution in [0.3, 0.4) is 0 Å². The summed E-state index contributed by atoms with van der Waals surface area (Å²) in [4.78, 5) is 24.4. The SMILES string of the molecule is CC[C@]1(NC(=O)OCc2ccccc2)c2ccc(OC)cc2C[C@H]1C(=O)O. The summed E-state index contributed by atoms with van der Waals surface area (Å²) >= 11 is 0. The van der Waals surface area contributed by atoms with E-state index in [-0.39, 0.29) is 6.61 Å². The minimum Gasteiger partial charge on any atom is -0.497 e. The van der Waals surface area contributed by atoms with Crippen molar-refractivity contribution in [3.05, 3.63) is 65.2 Å². The number of amides is 1. The standard InChI is InChI=1S/C21H23NO5/c1-3-21(22-20(25)27-13-14-7-5-4-6-8-14)17-10-9-16(26-2)11-15(17)12-18(21)19(23)24/h4-11,18H,3,12-13H2,1-2H3,(H,22,25)(H,23,24)/t18-,21-/m0/s1. The summed E-state index contributed by atoms with van der Waals surface area (Å²) in [7, 11) is 1.57. The Morgan fingerprint density at radius 3 is 2.59 bits per heavy atom. The number of alkyl carbamates (subject to hydrolysis) is 1. The average molecular weight is 369 g/mol. The average Bonchev–Trinajstić information content (AvgIpc) is 3.01. The number of nitrogens with one attached hydrogen (secondary N) is 1. The van der Waals surface area contributed by atoms with Crippen molar-refractivity contribution in [3.63, 3.8) is 0 Å². The second-order valence-corrected chi connectivity index (χ2v) is 6.63. The zero-order valence-corrected chi connectivity index (χ0v) is 15.4. The van der Waals surface area contributed by atoms with Crippen molar-refractivity contribution >= 4 is 12.1 Å². The predicted octanol–water partition coefficient (Wildman–Crippen LogP) is 3.48. The molecule has 1 aliphatic rings. The first-order chi connectivity index (χ1) is 13.0. The molecular weight excluding hydrogens is 346 g/mol. The maximum absolute atomic E-state index is 12.5. The first-order valence-electron chi connectivity index (χ1n) is 8.89. The van der Waals surface area contributed by atoms with Gasteiger partial charge in [-0.05, 0) is 41.7 Å². The lowest BCUT2D eigenvalue weighted by Gasteiger charge is -2.34. The van der Waals surface area contributed by atoms with E-state index >= 15 is 0 Å². The molecule has 0 aromatic heterocycles. The Balaban J connectivity index is 1.85. The van der Waals surface area contributed by atoms with Crippen LogP contribution in [0.25, 0.3) is 0 Å². The summed E-state index contributed by atoms with van der Waals surface area (Å²) in [5, 5.41) is 12.6. The minimum absolute atomic E-state index is 0.125. The molecule has 1 aliphatic carbocycles. The smallest absolute Gasteiger partial charge is 0.408 e. The van der Waals surface area contributed by atoms with E-state index in [4.69, 9.17) is 9.47 Å². The third-order valence-electron chi connectivity index (χ3n) is 5.21. The number of hydrogen-bond donors (Lipinski definition) is 2. The maximum Gasteiger partial charge on any atom is 0.408 e. The highest BCUT2D eigenvalue weighted by molar-refractivity contribution is 5.78. The van der Waals surface area contributed by atoms with Gasteiger partial charge in [-0.1, -0.05) is 43.3 Å². The topological polar surface area (TPSA) is 84.9 Å². The largest absolute Gasteiger partial charge is 0.497 e. The summed E-state index contributed by atoms with van der Waals surface area (Å²) < 4.78 is 10.6. The molecule has 1 amide bonds. The summed E-state index contributed by atoms with van der Waals surface area (Å²) in [5.74, 6) is -1.05. The second-order valence-electron chi connectivity index (χ2n) is 6.63. The van der Waals surface area contributed by atoms with E-state index in [9.17, 15) is 14.7 Å². The lowest BCUT2D eigenvalue weighted by atomic mass is 9.81. The minimum atomic E-state index is -1.01. The normalized spacial score (nSPS) is 20.6. The van der Waals surface area contributed by atoms with E-state index < -0.39 is 23.5 Å². The third kappa shape index (κ3) is 3.60. The number of carbonyl (C=O) groups excluding carboxylic acids is 1. The Morgan fingerprint density at radius 2 is 1.96 bits per heavy atom. The number of ether oxygens (including phenoxy) is 2. The van der Waals surface area contributed by atoms with Crippen LogP contribution < -0.4 is 10.1 Å². The van der Waals surface area contributed by atoms with Gasteiger partial charge < -0.3 is 19.9 Å². The fourth-order valence-electron chi connectivity index (χ4n) is 3.80. The fourth-order valence-corrected chi connectivity index (χ4v) is 3.80. The van der Waals surface area contributed by atoms with Crippen LogP contribution in [0.4, 0.5) is 4.79 Å². The van der Waals surface area contributed by atoms with Crippen LogP contribution in [0.1, 0.15) is 30.0 Å². The van der Waals surface area contributed by atoms with Gasteiger partial charge >= 0.3 is 12.1 Å². The van der Waals surface area contributed by atoms with E-state index in [2.05, 4.69) is 5.32 Å². The van der Waals surface area contributed by atoms with Crippen LogP contribution in [0.2, 0.25) is 0 Å². The molecule has 3 rings (SSSR count). The molecule has 27 heavy (non-hydrogen) atoms. The number of carboxylic acid groups (broad SMARTS) is 1. The molecule has 0 unspecified atom stereocenters. The molecule has 0 radical (unpaired) electrons. The van der Waals surface area contributed by atoms with Crippen molar-refractivity contribution in [1.29, 1.82) is 0 Å². The molecule has 2 aromatic carbocycles. The number of carbonyl (C=O) groups is 2. The summed E-state index contributed by atoms with van der Waals surface area (Å²) in [6.07, 6.45) is 0.133. The van der Waals surface area contributed by atoms with E-state index in [1.54, 1.807) is 13.2 Å². The van der Waals surface area contributed by atoms with E-state index in [0.717, 1.165) is 16.7 Å². The van der Waals surface area contributed by atoms with Crippen molar-refractivity contribution in [1.82, 2.24) is 5.32 Å². The van der Waals surface area contributed by atoms with Crippen molar-refractivity contribution in [2.24, 2.45) is 5.92 Å². The quantitative estimate of drug-likeness (QED) is 0.814. The summed E-state index contributed by atoms with van der Waals surface area (Å²) in [6, 6.07) is 14.8. The molecule has 0 aliphatic heterocycles. The Hall–Kier alpha value is -3.02. The number of aliphatic carboxylic acids is 1. The molecule has 2 N–H and O–H groups in total. The zero-order valence-electron chi connectivity index (χ0n) is 15.4. The second kappa shape index (κ2) is 7.70. The summed E-state index contributed by atoms with van der Waals surface area (Å²) in [5.41, 5.74) is 1.52. The van der Waals surface area contributed by atoms with Gasteiger partial charge in [-0.15, -0.1) is 0 Å². The number of benzene rings is 2. The van der Waals surface area contributed by atoms with E-state index in [1.807, 2.05) is 49.4 Å². The number of hydrogen-bond acceptors (Lipinski definition) is 4. The summed E-state index contributed by atoms with van der Waals surface area (Å²) in [6.45, 7) is 1.99. The molecule has 0 saturated heterocycles. The molecular formula is C21H23NO5. The lowest BCUT2D eigenvalue weighted by molar-refractivity contribution is -0.144. The Bertz CT molecular complexity index is 836. The van der Waals surface area contributed by atoms with Gasteiger partial charge in [0.15, 0.2) is 0 Å². The third-order valence-corrected chi connectivity index (χ3v) is 5.21. The van der Waals surface area contributed by atoms with Gasteiger partial charge in [0, 0.05) is 0 Å². The zero-order chi connectivity index (χ0) is 19.4. The molecule has 0 saturated carbocycles. The van der Waals surface area contributed by atoms with Crippen LogP contribution in [0.15, 0.2) is 48.5 Å². The van der Waals surface area contributed by atoms with Gasteiger partial charge in [-0.3, -0.25) is 4.79 Å². The first kappa shape index (κ1) is 18.8. The number of carboxylic acids is 1. The van der Waals surface area contributed by atoms with Crippen molar-refractivity contribution < 1.29 is 24.2 Å². The number of methoxy groups -OCH3 is 1. The van der Waals surface area contributed by atoms with Crippen molar-refractivity contribution in [3.8, 4) is 5.75 Å². The van der Waals surface area contributed by atoms with E-state index in [1.165, 1.54) is 0 Å². The molecule has 6 heteroatoms. The highest BCUT2D eigenvalue weighted by Gasteiger charge is 2.50. The first-order valence-corrected chi connectivity index (χ1v) is 8.89. The molecule has 0 bridgehead atoms. The maximum atomic E-state index is 12.5. The van der Waals surface area contributed by atoms with Crippen LogP contribution in [0, 0.1) is 5.92 Å². The number of rotatable bonds is 6. The van der Waals surface area contributed by atoms with Crippen molar-refractivity contribution in [2.45, 2.75) is 31.9 Å². The molecule has 2 aromatic rings. The van der Waals surface area contributed by atoms with Gasteiger partial charge in [0.05, 0.1) is 18.6 Å². The highest BCUT2D eigenvalue weighted by atomic mass is 16.5. The van der Waals surface area contributed by atoms with E-state index in [0.29, 0.717) is 18.6 Å². The van der Waals surface area contributed by atoms with Crippen molar-refractivity contribution in [2.75, 3.05) is 7.11 Å². The molecule has 142 valence electrons. The Labute approximate surface area is 158 Å². The monoisotopic (exact) mass is 369 g/mol. The van der Waals surface area contributed by atoms with Crippen LogP contribution in [0.5, 0.6) is 5.75 Å². The molecule has 0 fully saturated rings. The highest BCUT2D eigenvalue weighted by Crippen LogP contribution is 2.45. The van der Waals surface area contributed by atoms with Gasteiger partial charge in [-0.2, -0.15) is 0 Å². The Kier molecular flexibility index (Phi) is 5.35. The molecule has 2 atom stereocenters. The fraction of sp³-hybridized carbons (Fsp3) is 0.333. The van der Waals surface area contributed by atoms with Gasteiger partial charge in [0.25, 0.3) is 0 Å². The molecule has 6 nitrogen and oxygen atoms in total. The van der Waals surface area contributed by atoms with Crippen LogP contribution in [-0.2, 0) is 28.1 Å². The predicted molar refractivity (Wildman–Crippen MR) is 99.6 cm³/mol.